The number of hydrogen-bond acceptors (Lipinski definition) is 4. The molecule has 1 aromatic carbocycles. The number of non-ortho nitro benzene ring substituents is 1. The fourth-order valence-corrected chi connectivity index (χ4v) is 2.26. The molecule has 2 aromatic rings. The summed E-state index contributed by atoms with van der Waals surface area (Å²) in [6.45, 7) is 4.51. The summed E-state index contributed by atoms with van der Waals surface area (Å²) in [6.07, 6.45) is 0. The average Bonchev–Trinajstić information content (AvgIpc) is 2.62. The Bertz CT molecular complexity index is 667. The van der Waals surface area contributed by atoms with Gasteiger partial charge in [-0.2, -0.15) is 5.10 Å². The van der Waals surface area contributed by atoms with E-state index in [0.717, 1.165) is 17.0 Å². The minimum absolute atomic E-state index is 0.0192. The zero-order valence-electron chi connectivity index (χ0n) is 11.5. The lowest BCUT2D eigenvalue weighted by molar-refractivity contribution is -0.384. The molecule has 0 spiro atoms. The van der Waals surface area contributed by atoms with Gasteiger partial charge in [0.1, 0.15) is 0 Å². The number of aryl methyl sites for hydroxylation is 2. The minimum Gasteiger partial charge on any atom is -0.380 e. The molecule has 0 bridgehead atoms. The molecular weight excluding hydrogens is 280 g/mol. The van der Waals surface area contributed by atoms with Crippen molar-refractivity contribution in [3.63, 3.8) is 0 Å². The highest BCUT2D eigenvalue weighted by molar-refractivity contribution is 6.33. The normalized spacial score (nSPS) is 10.6. The van der Waals surface area contributed by atoms with Gasteiger partial charge >= 0.3 is 0 Å². The lowest BCUT2D eigenvalue weighted by atomic mass is 10.2. The van der Waals surface area contributed by atoms with Crippen molar-refractivity contribution in [2.24, 2.45) is 7.05 Å². The highest BCUT2D eigenvalue weighted by Crippen LogP contribution is 2.27. The third kappa shape index (κ3) is 2.75. The second kappa shape index (κ2) is 5.50. The molecule has 1 N–H and O–H groups in total. The summed E-state index contributed by atoms with van der Waals surface area (Å²) in [7, 11) is 1.89. The quantitative estimate of drug-likeness (QED) is 0.694. The Labute approximate surface area is 121 Å². The van der Waals surface area contributed by atoms with Crippen molar-refractivity contribution in [1.82, 2.24) is 9.78 Å². The highest BCUT2D eigenvalue weighted by Gasteiger charge is 2.12. The van der Waals surface area contributed by atoms with Crippen LogP contribution in [-0.2, 0) is 13.6 Å². The summed E-state index contributed by atoms with van der Waals surface area (Å²) in [5.74, 6) is 0. The van der Waals surface area contributed by atoms with Gasteiger partial charge in [-0.1, -0.05) is 11.6 Å². The summed E-state index contributed by atoms with van der Waals surface area (Å²) in [5, 5.41) is 18.5. The summed E-state index contributed by atoms with van der Waals surface area (Å²) in [4.78, 5) is 10.2. The predicted octanol–water partition coefficient (Wildman–Crippen LogP) is 3.21. The lowest BCUT2D eigenvalue weighted by Gasteiger charge is -2.08. The SMILES string of the molecule is Cc1nn(C)c(C)c1CNc1ccc([N+](=O)[O-])cc1Cl. The molecule has 0 amide bonds. The first-order valence-corrected chi connectivity index (χ1v) is 6.45. The number of hydrogen-bond donors (Lipinski definition) is 1. The van der Waals surface area contributed by atoms with Gasteiger partial charge in [0.25, 0.3) is 5.69 Å². The summed E-state index contributed by atoms with van der Waals surface area (Å²) in [6, 6.07) is 4.38. The number of nitro benzene ring substituents is 1. The van der Waals surface area contributed by atoms with E-state index in [1.54, 1.807) is 6.07 Å². The third-order valence-corrected chi connectivity index (χ3v) is 3.59. The van der Waals surface area contributed by atoms with Gasteiger partial charge in [0.15, 0.2) is 0 Å². The smallest absolute Gasteiger partial charge is 0.271 e. The highest BCUT2D eigenvalue weighted by atomic mass is 35.5. The van der Waals surface area contributed by atoms with Crippen molar-refractivity contribution >= 4 is 23.0 Å². The van der Waals surface area contributed by atoms with E-state index in [1.807, 2.05) is 25.6 Å². The van der Waals surface area contributed by atoms with Gasteiger partial charge in [0, 0.05) is 37.0 Å². The molecule has 0 aliphatic rings. The first-order chi connectivity index (χ1) is 9.40. The van der Waals surface area contributed by atoms with E-state index in [9.17, 15) is 10.1 Å². The molecular formula is C13H15ClN4O2. The van der Waals surface area contributed by atoms with Crippen LogP contribution >= 0.6 is 11.6 Å². The second-order valence-electron chi connectivity index (χ2n) is 4.55. The predicted molar refractivity (Wildman–Crippen MR) is 78.1 cm³/mol. The number of aromatic nitrogens is 2. The zero-order valence-corrected chi connectivity index (χ0v) is 12.2. The van der Waals surface area contributed by atoms with E-state index in [4.69, 9.17) is 11.6 Å². The minimum atomic E-state index is -0.467. The van der Waals surface area contributed by atoms with Crippen LogP contribution in [0.1, 0.15) is 17.0 Å². The third-order valence-electron chi connectivity index (χ3n) is 3.28. The molecule has 0 radical (unpaired) electrons. The molecule has 0 saturated heterocycles. The Morgan fingerprint density at radius 2 is 2.15 bits per heavy atom. The van der Waals surface area contributed by atoms with Gasteiger partial charge in [0.2, 0.25) is 0 Å². The van der Waals surface area contributed by atoms with Crippen LogP contribution in [0, 0.1) is 24.0 Å². The second-order valence-corrected chi connectivity index (χ2v) is 4.95. The van der Waals surface area contributed by atoms with E-state index in [2.05, 4.69) is 10.4 Å². The molecule has 7 heteroatoms. The van der Waals surface area contributed by atoms with Gasteiger partial charge in [-0.05, 0) is 19.9 Å². The zero-order chi connectivity index (χ0) is 14.9. The molecule has 106 valence electrons. The Morgan fingerprint density at radius 1 is 1.45 bits per heavy atom. The molecule has 1 aromatic heterocycles. The summed E-state index contributed by atoms with van der Waals surface area (Å²) >= 11 is 6.04. The van der Waals surface area contributed by atoms with Crippen LogP contribution in [0.25, 0.3) is 0 Å². The number of rotatable bonds is 4. The molecule has 0 unspecified atom stereocenters. The average molecular weight is 295 g/mol. The van der Waals surface area contributed by atoms with Crippen LogP contribution < -0.4 is 5.32 Å². The largest absolute Gasteiger partial charge is 0.380 e. The number of anilines is 1. The van der Waals surface area contributed by atoms with E-state index in [0.29, 0.717) is 17.3 Å². The molecule has 0 fully saturated rings. The van der Waals surface area contributed by atoms with Gasteiger partial charge in [0.05, 0.1) is 21.3 Å². The maximum Gasteiger partial charge on any atom is 0.271 e. The molecule has 0 aliphatic heterocycles. The maximum atomic E-state index is 10.7. The maximum absolute atomic E-state index is 10.7. The van der Waals surface area contributed by atoms with E-state index in [-0.39, 0.29) is 5.69 Å². The Hall–Kier alpha value is -2.08. The van der Waals surface area contributed by atoms with Crippen molar-refractivity contribution in [1.29, 1.82) is 0 Å². The van der Waals surface area contributed by atoms with Gasteiger partial charge in [-0.3, -0.25) is 14.8 Å². The summed E-state index contributed by atoms with van der Waals surface area (Å²) < 4.78 is 1.82. The number of nitro groups is 1. The van der Waals surface area contributed by atoms with Crippen molar-refractivity contribution < 1.29 is 4.92 Å². The Balaban J connectivity index is 2.17. The van der Waals surface area contributed by atoms with Gasteiger partial charge in [-0.25, -0.2) is 0 Å². The molecule has 0 saturated carbocycles. The number of nitrogens with zero attached hydrogens (tertiary/aromatic N) is 3. The van der Waals surface area contributed by atoms with Gasteiger partial charge < -0.3 is 5.32 Å². The van der Waals surface area contributed by atoms with E-state index < -0.39 is 4.92 Å². The van der Waals surface area contributed by atoms with Crippen LogP contribution in [0.4, 0.5) is 11.4 Å². The van der Waals surface area contributed by atoms with Crippen molar-refractivity contribution in [3.8, 4) is 0 Å². The Kier molecular flexibility index (Phi) is 3.94. The fourth-order valence-electron chi connectivity index (χ4n) is 2.02. The van der Waals surface area contributed by atoms with Gasteiger partial charge in [-0.15, -0.1) is 0 Å². The van der Waals surface area contributed by atoms with Crippen molar-refractivity contribution in [2.75, 3.05) is 5.32 Å². The van der Waals surface area contributed by atoms with Crippen LogP contribution in [0.15, 0.2) is 18.2 Å². The van der Waals surface area contributed by atoms with Crippen LogP contribution in [0.2, 0.25) is 5.02 Å². The molecule has 0 atom stereocenters. The Morgan fingerprint density at radius 3 is 2.65 bits per heavy atom. The van der Waals surface area contributed by atoms with Crippen LogP contribution in [0.3, 0.4) is 0 Å². The molecule has 0 aliphatic carbocycles. The number of benzene rings is 1. The molecule has 6 nitrogen and oxygen atoms in total. The monoisotopic (exact) mass is 294 g/mol. The molecule has 1 heterocycles. The number of halogens is 1. The van der Waals surface area contributed by atoms with E-state index >= 15 is 0 Å². The fraction of sp³-hybridized carbons (Fsp3) is 0.308. The summed E-state index contributed by atoms with van der Waals surface area (Å²) in [5.41, 5.74) is 3.78. The molecule has 20 heavy (non-hydrogen) atoms. The lowest BCUT2D eigenvalue weighted by Crippen LogP contribution is -2.03. The van der Waals surface area contributed by atoms with Crippen LogP contribution in [-0.4, -0.2) is 14.7 Å². The van der Waals surface area contributed by atoms with Crippen LogP contribution in [0.5, 0.6) is 0 Å². The molecule has 2 rings (SSSR count). The first kappa shape index (κ1) is 14.3. The first-order valence-electron chi connectivity index (χ1n) is 6.07. The standard InChI is InChI=1S/C13H15ClN4O2/c1-8-11(9(2)17(3)16-8)7-15-13-5-4-10(18(19)20)6-12(13)14/h4-6,15H,7H2,1-3H3. The number of nitrogens with one attached hydrogen (secondary N) is 1. The van der Waals surface area contributed by atoms with Crippen molar-refractivity contribution in [3.05, 3.63) is 50.3 Å². The van der Waals surface area contributed by atoms with Crippen molar-refractivity contribution in [2.45, 2.75) is 20.4 Å². The van der Waals surface area contributed by atoms with E-state index in [1.165, 1.54) is 12.1 Å². The topological polar surface area (TPSA) is 73.0 Å².